The molecular formula is C16H9ClN2O. The molecular weight excluding hydrogens is 272 g/mol. The number of nitrogens with zero attached hydrogens (tertiary/aromatic N) is 1. The van der Waals surface area contributed by atoms with E-state index in [1.165, 1.54) is 0 Å². The lowest BCUT2D eigenvalue weighted by atomic mass is 10.0. The Kier molecular flexibility index (Phi) is 3.02. The second-order valence-electron chi connectivity index (χ2n) is 4.44. The quantitative estimate of drug-likeness (QED) is 0.810. The summed E-state index contributed by atoms with van der Waals surface area (Å²) in [5.74, 6) is -0.147. The zero-order chi connectivity index (χ0) is 14.1. The molecule has 0 unspecified atom stereocenters. The van der Waals surface area contributed by atoms with Gasteiger partial charge in [-0.25, -0.2) is 0 Å². The van der Waals surface area contributed by atoms with E-state index >= 15 is 0 Å². The summed E-state index contributed by atoms with van der Waals surface area (Å²) in [5.41, 5.74) is 3.62. The molecule has 0 aliphatic carbocycles. The number of benzene rings is 2. The average molecular weight is 281 g/mol. The Labute approximate surface area is 121 Å². The first-order valence-corrected chi connectivity index (χ1v) is 6.38. The van der Waals surface area contributed by atoms with Crippen molar-refractivity contribution in [2.45, 2.75) is 0 Å². The Bertz CT molecular complexity index is 770. The van der Waals surface area contributed by atoms with Gasteiger partial charge in [0.2, 0.25) is 0 Å². The highest BCUT2D eigenvalue weighted by Gasteiger charge is 2.23. The van der Waals surface area contributed by atoms with E-state index in [-0.39, 0.29) is 5.91 Å². The van der Waals surface area contributed by atoms with Gasteiger partial charge in [-0.3, -0.25) is 4.79 Å². The third-order valence-electron chi connectivity index (χ3n) is 3.12. The third-order valence-corrected chi connectivity index (χ3v) is 3.35. The summed E-state index contributed by atoms with van der Waals surface area (Å²) in [5, 5.41) is 12.1. The fourth-order valence-electron chi connectivity index (χ4n) is 2.13. The van der Waals surface area contributed by atoms with Crippen molar-refractivity contribution >= 4 is 34.8 Å². The first-order valence-electron chi connectivity index (χ1n) is 6.00. The molecule has 0 bridgehead atoms. The number of carbonyl (C=O) groups excluding carboxylic acids is 1. The molecule has 4 heteroatoms. The van der Waals surface area contributed by atoms with E-state index < -0.39 is 0 Å². The molecule has 0 spiro atoms. The van der Waals surface area contributed by atoms with Crippen LogP contribution in [-0.4, -0.2) is 5.91 Å². The summed E-state index contributed by atoms with van der Waals surface area (Å²) in [4.78, 5) is 12.0. The third kappa shape index (κ3) is 2.18. The van der Waals surface area contributed by atoms with Crippen molar-refractivity contribution in [3.05, 3.63) is 64.2 Å². The van der Waals surface area contributed by atoms with Crippen molar-refractivity contribution < 1.29 is 4.79 Å². The van der Waals surface area contributed by atoms with Crippen LogP contribution < -0.4 is 5.32 Å². The van der Waals surface area contributed by atoms with Gasteiger partial charge in [0, 0.05) is 16.2 Å². The molecule has 20 heavy (non-hydrogen) atoms. The van der Waals surface area contributed by atoms with Gasteiger partial charge in [-0.2, -0.15) is 5.26 Å². The second kappa shape index (κ2) is 4.84. The molecule has 1 N–H and O–H groups in total. The van der Waals surface area contributed by atoms with E-state index in [0.29, 0.717) is 16.2 Å². The van der Waals surface area contributed by atoms with Crippen LogP contribution in [0.1, 0.15) is 16.7 Å². The smallest absolute Gasteiger partial charge is 0.256 e. The SMILES string of the molecule is N#Cc1ccc(/C=C2/C(=O)Nc3cc(Cl)ccc32)cc1. The van der Waals surface area contributed by atoms with Gasteiger partial charge in [0.1, 0.15) is 0 Å². The lowest BCUT2D eigenvalue weighted by Gasteiger charge is -1.99. The molecule has 1 aliphatic heterocycles. The molecule has 2 aromatic rings. The first-order chi connectivity index (χ1) is 9.67. The second-order valence-corrected chi connectivity index (χ2v) is 4.87. The van der Waals surface area contributed by atoms with E-state index in [1.54, 1.807) is 30.3 Å². The van der Waals surface area contributed by atoms with E-state index in [1.807, 2.05) is 18.2 Å². The van der Waals surface area contributed by atoms with E-state index in [0.717, 1.165) is 16.8 Å². The topological polar surface area (TPSA) is 52.9 Å². The predicted octanol–water partition coefficient (Wildman–Crippen LogP) is 3.70. The molecule has 0 radical (unpaired) electrons. The molecule has 96 valence electrons. The normalized spacial score (nSPS) is 14.8. The summed E-state index contributed by atoms with van der Waals surface area (Å²) in [7, 11) is 0. The number of amides is 1. The Hall–Kier alpha value is -2.57. The Balaban J connectivity index is 2.04. The van der Waals surface area contributed by atoms with Crippen LogP contribution in [0.3, 0.4) is 0 Å². The summed E-state index contributed by atoms with van der Waals surface area (Å²) in [6, 6.07) is 14.4. The highest BCUT2D eigenvalue weighted by atomic mass is 35.5. The number of nitriles is 1. The van der Waals surface area contributed by atoms with Gasteiger partial charge in [-0.05, 0) is 35.9 Å². The van der Waals surface area contributed by atoms with Gasteiger partial charge < -0.3 is 5.32 Å². The number of anilines is 1. The maximum atomic E-state index is 12.0. The lowest BCUT2D eigenvalue weighted by Crippen LogP contribution is -2.03. The van der Waals surface area contributed by atoms with Crippen LogP contribution >= 0.6 is 11.6 Å². The van der Waals surface area contributed by atoms with Crippen LogP contribution in [0, 0.1) is 11.3 Å². The number of nitrogens with one attached hydrogen (secondary N) is 1. The summed E-state index contributed by atoms with van der Waals surface area (Å²) >= 11 is 5.91. The molecule has 1 amide bonds. The van der Waals surface area contributed by atoms with Crippen molar-refractivity contribution in [3.63, 3.8) is 0 Å². The summed E-state index contributed by atoms with van der Waals surface area (Å²) in [6.07, 6.45) is 1.80. The molecule has 0 saturated carbocycles. The van der Waals surface area contributed by atoms with Crippen LogP contribution in [-0.2, 0) is 4.79 Å². The van der Waals surface area contributed by atoms with Crippen molar-refractivity contribution in [2.24, 2.45) is 0 Å². The Morgan fingerprint density at radius 3 is 2.60 bits per heavy atom. The van der Waals surface area contributed by atoms with Gasteiger partial charge in [-0.1, -0.05) is 29.8 Å². The van der Waals surface area contributed by atoms with E-state index in [2.05, 4.69) is 11.4 Å². The van der Waals surface area contributed by atoms with Gasteiger partial charge in [0.15, 0.2) is 0 Å². The molecule has 1 heterocycles. The van der Waals surface area contributed by atoms with Gasteiger partial charge in [0.05, 0.1) is 17.3 Å². The first kappa shape index (κ1) is 12.5. The summed E-state index contributed by atoms with van der Waals surface area (Å²) < 4.78 is 0. The van der Waals surface area contributed by atoms with Crippen LogP contribution in [0.2, 0.25) is 5.02 Å². The number of hydrogen-bond acceptors (Lipinski definition) is 2. The monoisotopic (exact) mass is 280 g/mol. The molecule has 3 rings (SSSR count). The van der Waals surface area contributed by atoms with Crippen molar-refractivity contribution in [1.82, 2.24) is 0 Å². The minimum atomic E-state index is -0.147. The molecule has 1 aliphatic rings. The molecule has 3 nitrogen and oxygen atoms in total. The Morgan fingerprint density at radius 1 is 1.15 bits per heavy atom. The van der Waals surface area contributed by atoms with Crippen LogP contribution in [0.5, 0.6) is 0 Å². The van der Waals surface area contributed by atoms with Crippen molar-refractivity contribution in [3.8, 4) is 6.07 Å². The number of hydrogen-bond donors (Lipinski definition) is 1. The van der Waals surface area contributed by atoms with Crippen LogP contribution in [0.4, 0.5) is 5.69 Å². The molecule has 0 atom stereocenters. The molecule has 0 fully saturated rings. The fraction of sp³-hybridized carbons (Fsp3) is 0. The maximum absolute atomic E-state index is 12.0. The summed E-state index contributed by atoms with van der Waals surface area (Å²) in [6.45, 7) is 0. The van der Waals surface area contributed by atoms with E-state index in [4.69, 9.17) is 16.9 Å². The zero-order valence-corrected chi connectivity index (χ0v) is 11.1. The molecule has 0 saturated heterocycles. The average Bonchev–Trinajstić information content (AvgIpc) is 2.75. The van der Waals surface area contributed by atoms with Crippen LogP contribution in [0.25, 0.3) is 11.6 Å². The standard InChI is InChI=1S/C16H9ClN2O/c17-12-5-6-13-14(16(20)19-15(13)8-12)7-10-1-3-11(9-18)4-2-10/h1-8H,(H,19,20)/b14-7+. The minimum absolute atomic E-state index is 0.147. The lowest BCUT2D eigenvalue weighted by molar-refractivity contribution is -0.110. The number of fused-ring (bicyclic) bond motifs is 1. The highest BCUT2D eigenvalue weighted by molar-refractivity contribution is 6.36. The number of halogens is 1. The zero-order valence-electron chi connectivity index (χ0n) is 10.4. The molecule has 0 aromatic heterocycles. The number of rotatable bonds is 1. The van der Waals surface area contributed by atoms with Gasteiger partial charge >= 0.3 is 0 Å². The van der Waals surface area contributed by atoms with Crippen LogP contribution in [0.15, 0.2) is 42.5 Å². The maximum Gasteiger partial charge on any atom is 0.256 e. The predicted molar refractivity (Wildman–Crippen MR) is 79.1 cm³/mol. The minimum Gasteiger partial charge on any atom is -0.321 e. The van der Waals surface area contributed by atoms with Gasteiger partial charge in [-0.15, -0.1) is 0 Å². The molecule has 2 aromatic carbocycles. The van der Waals surface area contributed by atoms with Crippen molar-refractivity contribution in [2.75, 3.05) is 5.32 Å². The van der Waals surface area contributed by atoms with Gasteiger partial charge in [0.25, 0.3) is 5.91 Å². The highest BCUT2D eigenvalue weighted by Crippen LogP contribution is 2.34. The fourth-order valence-corrected chi connectivity index (χ4v) is 2.30. The number of carbonyl (C=O) groups is 1. The Morgan fingerprint density at radius 2 is 1.90 bits per heavy atom. The van der Waals surface area contributed by atoms with E-state index in [9.17, 15) is 4.79 Å². The largest absolute Gasteiger partial charge is 0.321 e. The van der Waals surface area contributed by atoms with Crippen molar-refractivity contribution in [1.29, 1.82) is 5.26 Å².